The molecule has 1 saturated heterocycles. The van der Waals surface area contributed by atoms with E-state index in [0.717, 1.165) is 18.4 Å². The number of aliphatic carboxylic acids is 1. The lowest BCUT2D eigenvalue weighted by Crippen LogP contribution is -2.37. The number of aryl methyl sites for hydroxylation is 1. The summed E-state index contributed by atoms with van der Waals surface area (Å²) in [5.41, 5.74) is 0.0000807. The zero-order chi connectivity index (χ0) is 15.3. The van der Waals surface area contributed by atoms with Crippen molar-refractivity contribution in [1.82, 2.24) is 4.31 Å². The summed E-state index contributed by atoms with van der Waals surface area (Å²) in [5.74, 6) is -0.915. The molecule has 1 aromatic rings. The topological polar surface area (TPSA) is 74.7 Å². The Labute approximate surface area is 124 Å². The van der Waals surface area contributed by atoms with E-state index < -0.39 is 21.4 Å². The molecule has 1 saturated carbocycles. The SMILES string of the molecule is Cc1cccc(S(=O)(=O)N2C[C@@H]3CCC[C@@]3(C(=O)O)C2)c1. The summed E-state index contributed by atoms with van der Waals surface area (Å²) in [6.07, 6.45) is 2.24. The van der Waals surface area contributed by atoms with Crippen molar-refractivity contribution in [2.45, 2.75) is 31.1 Å². The van der Waals surface area contributed by atoms with E-state index in [1.165, 1.54) is 4.31 Å². The average molecular weight is 309 g/mol. The lowest BCUT2D eigenvalue weighted by atomic mass is 9.81. The zero-order valence-corrected chi connectivity index (χ0v) is 12.8. The standard InChI is InChI=1S/C15H19NO4S/c1-11-4-2-6-13(8-11)21(19,20)16-9-12-5-3-7-15(12,10-16)14(17)18/h2,4,6,8,12H,3,5,7,9-10H2,1H3,(H,17,18)/t12-,15+/m0/s1. The first kappa shape index (κ1) is 14.5. The molecule has 0 bridgehead atoms. The third-order valence-corrected chi connectivity index (χ3v) is 6.70. The number of carboxylic acid groups (broad SMARTS) is 1. The highest BCUT2D eigenvalue weighted by atomic mass is 32.2. The summed E-state index contributed by atoms with van der Waals surface area (Å²) in [6.45, 7) is 2.27. The molecule has 3 rings (SSSR count). The molecule has 0 spiro atoms. The van der Waals surface area contributed by atoms with Gasteiger partial charge in [0, 0.05) is 13.1 Å². The molecule has 1 aliphatic carbocycles. The van der Waals surface area contributed by atoms with Crippen molar-refractivity contribution in [1.29, 1.82) is 0 Å². The van der Waals surface area contributed by atoms with Crippen molar-refractivity contribution in [2.24, 2.45) is 11.3 Å². The summed E-state index contributed by atoms with van der Waals surface area (Å²) in [5, 5.41) is 9.55. The first-order chi connectivity index (χ1) is 9.86. The number of carbonyl (C=O) groups is 1. The van der Waals surface area contributed by atoms with E-state index in [2.05, 4.69) is 0 Å². The fourth-order valence-corrected chi connectivity index (χ4v) is 5.36. The van der Waals surface area contributed by atoms with Gasteiger partial charge in [-0.05, 0) is 43.4 Å². The molecule has 0 radical (unpaired) electrons. The van der Waals surface area contributed by atoms with Crippen LogP contribution in [0.4, 0.5) is 0 Å². The van der Waals surface area contributed by atoms with E-state index in [4.69, 9.17) is 0 Å². The molecule has 21 heavy (non-hydrogen) atoms. The van der Waals surface area contributed by atoms with Gasteiger partial charge in [-0.3, -0.25) is 4.79 Å². The largest absolute Gasteiger partial charge is 0.481 e. The van der Waals surface area contributed by atoms with Crippen LogP contribution in [0.5, 0.6) is 0 Å². The molecular weight excluding hydrogens is 290 g/mol. The maximum absolute atomic E-state index is 12.7. The van der Waals surface area contributed by atoms with Crippen LogP contribution in [-0.4, -0.2) is 36.9 Å². The average Bonchev–Trinajstić information content (AvgIpc) is 2.96. The van der Waals surface area contributed by atoms with Crippen LogP contribution in [0, 0.1) is 18.3 Å². The van der Waals surface area contributed by atoms with Crippen molar-refractivity contribution in [2.75, 3.05) is 13.1 Å². The molecule has 0 amide bonds. The van der Waals surface area contributed by atoms with Gasteiger partial charge in [0.2, 0.25) is 10.0 Å². The van der Waals surface area contributed by atoms with Gasteiger partial charge in [0.1, 0.15) is 0 Å². The van der Waals surface area contributed by atoms with Crippen LogP contribution in [0.1, 0.15) is 24.8 Å². The molecular formula is C15H19NO4S. The van der Waals surface area contributed by atoms with Crippen LogP contribution in [0.25, 0.3) is 0 Å². The van der Waals surface area contributed by atoms with Crippen LogP contribution in [0.3, 0.4) is 0 Å². The highest BCUT2D eigenvalue weighted by Gasteiger charge is 2.57. The van der Waals surface area contributed by atoms with Crippen LogP contribution < -0.4 is 0 Å². The van der Waals surface area contributed by atoms with Crippen LogP contribution in [0.15, 0.2) is 29.2 Å². The summed E-state index contributed by atoms with van der Waals surface area (Å²) in [6, 6.07) is 6.77. The van der Waals surface area contributed by atoms with Gasteiger partial charge in [-0.2, -0.15) is 4.31 Å². The Morgan fingerprint density at radius 1 is 1.43 bits per heavy atom. The highest BCUT2D eigenvalue weighted by Crippen LogP contribution is 2.50. The molecule has 1 aromatic carbocycles. The molecule has 0 unspecified atom stereocenters. The second-order valence-electron chi connectivity index (χ2n) is 6.16. The van der Waals surface area contributed by atoms with Gasteiger partial charge in [-0.1, -0.05) is 18.6 Å². The molecule has 1 heterocycles. The number of sulfonamides is 1. The summed E-state index contributed by atoms with van der Waals surface area (Å²) >= 11 is 0. The molecule has 5 nitrogen and oxygen atoms in total. The quantitative estimate of drug-likeness (QED) is 0.925. The van der Waals surface area contributed by atoms with Crippen molar-refractivity contribution < 1.29 is 18.3 Å². The molecule has 1 N–H and O–H groups in total. The minimum absolute atomic E-state index is 0.0606. The lowest BCUT2D eigenvalue weighted by Gasteiger charge is -2.23. The first-order valence-corrected chi connectivity index (χ1v) is 8.60. The van der Waals surface area contributed by atoms with Crippen LogP contribution in [-0.2, 0) is 14.8 Å². The second-order valence-corrected chi connectivity index (χ2v) is 8.10. The molecule has 6 heteroatoms. The summed E-state index contributed by atoms with van der Waals surface area (Å²) in [4.78, 5) is 11.9. The molecule has 2 atom stereocenters. The maximum Gasteiger partial charge on any atom is 0.311 e. The molecule has 2 aliphatic rings. The summed E-state index contributed by atoms with van der Waals surface area (Å²) < 4.78 is 26.8. The van der Waals surface area contributed by atoms with Crippen LogP contribution in [0.2, 0.25) is 0 Å². The van der Waals surface area contributed by atoms with E-state index >= 15 is 0 Å². The number of fused-ring (bicyclic) bond motifs is 1. The van der Waals surface area contributed by atoms with E-state index in [1.54, 1.807) is 18.2 Å². The molecule has 0 aromatic heterocycles. The van der Waals surface area contributed by atoms with Gasteiger partial charge in [0.25, 0.3) is 0 Å². The fraction of sp³-hybridized carbons (Fsp3) is 0.533. The number of rotatable bonds is 3. The number of hydrogen-bond donors (Lipinski definition) is 1. The van der Waals surface area contributed by atoms with Crippen LogP contribution >= 0.6 is 0 Å². The van der Waals surface area contributed by atoms with Gasteiger partial charge < -0.3 is 5.11 Å². The maximum atomic E-state index is 12.7. The van der Waals surface area contributed by atoms with Crippen molar-refractivity contribution >= 4 is 16.0 Å². The van der Waals surface area contributed by atoms with Gasteiger partial charge >= 0.3 is 5.97 Å². The zero-order valence-electron chi connectivity index (χ0n) is 11.9. The minimum Gasteiger partial charge on any atom is -0.481 e. The Balaban J connectivity index is 1.94. The van der Waals surface area contributed by atoms with Crippen molar-refractivity contribution in [3.05, 3.63) is 29.8 Å². The predicted molar refractivity (Wildman–Crippen MR) is 77.3 cm³/mol. The Hall–Kier alpha value is -1.40. The normalized spacial score (nSPS) is 29.5. The van der Waals surface area contributed by atoms with Gasteiger partial charge in [0.15, 0.2) is 0 Å². The van der Waals surface area contributed by atoms with E-state index in [-0.39, 0.29) is 17.4 Å². The summed E-state index contributed by atoms with van der Waals surface area (Å²) in [7, 11) is -3.60. The Bertz CT molecular complexity index is 685. The molecule has 2 fully saturated rings. The number of nitrogens with zero attached hydrogens (tertiary/aromatic N) is 1. The first-order valence-electron chi connectivity index (χ1n) is 7.16. The van der Waals surface area contributed by atoms with Gasteiger partial charge in [-0.15, -0.1) is 0 Å². The fourth-order valence-electron chi connectivity index (χ4n) is 3.70. The Morgan fingerprint density at radius 3 is 2.81 bits per heavy atom. The number of benzene rings is 1. The van der Waals surface area contributed by atoms with Gasteiger partial charge in [-0.25, -0.2) is 8.42 Å². The minimum atomic E-state index is -3.60. The third kappa shape index (κ3) is 2.17. The molecule has 1 aliphatic heterocycles. The van der Waals surface area contributed by atoms with Gasteiger partial charge in [0.05, 0.1) is 10.3 Å². The second kappa shape index (κ2) is 4.81. The van der Waals surface area contributed by atoms with Crippen molar-refractivity contribution in [3.8, 4) is 0 Å². The van der Waals surface area contributed by atoms with E-state index in [1.807, 2.05) is 13.0 Å². The Morgan fingerprint density at radius 2 is 2.19 bits per heavy atom. The Kier molecular flexibility index (Phi) is 3.33. The van der Waals surface area contributed by atoms with E-state index in [9.17, 15) is 18.3 Å². The number of carboxylic acids is 1. The van der Waals surface area contributed by atoms with Crippen molar-refractivity contribution in [3.63, 3.8) is 0 Å². The predicted octanol–water partition coefficient (Wildman–Crippen LogP) is 1.87. The third-order valence-electron chi connectivity index (χ3n) is 4.89. The smallest absolute Gasteiger partial charge is 0.311 e. The highest BCUT2D eigenvalue weighted by molar-refractivity contribution is 7.89. The number of hydrogen-bond acceptors (Lipinski definition) is 3. The monoisotopic (exact) mass is 309 g/mol. The molecule has 114 valence electrons. The van der Waals surface area contributed by atoms with E-state index in [0.29, 0.717) is 13.0 Å². The lowest BCUT2D eigenvalue weighted by molar-refractivity contribution is -0.149.